The van der Waals surface area contributed by atoms with Gasteiger partial charge in [0.25, 0.3) is 0 Å². The molecule has 0 aromatic carbocycles. The van der Waals surface area contributed by atoms with E-state index in [9.17, 15) is 14.0 Å². The van der Waals surface area contributed by atoms with Crippen molar-refractivity contribution in [1.29, 1.82) is 0 Å². The Morgan fingerprint density at radius 3 is 2.62 bits per heavy atom. The van der Waals surface area contributed by atoms with Crippen LogP contribution < -0.4 is 0 Å². The van der Waals surface area contributed by atoms with Gasteiger partial charge in [-0.25, -0.2) is 4.79 Å². The minimum atomic E-state index is -1.59. The first-order chi connectivity index (χ1) is 6.07. The molecule has 0 atom stereocenters. The normalized spacial score (nSPS) is 11.1. The van der Waals surface area contributed by atoms with Gasteiger partial charge in [-0.2, -0.15) is 4.39 Å². The zero-order valence-corrected chi connectivity index (χ0v) is 7.25. The second-order valence-electron chi connectivity index (χ2n) is 2.33. The lowest BCUT2D eigenvalue weighted by Gasteiger charge is -1.95. The third kappa shape index (κ3) is 5.84. The average Bonchev–Trinajstić information content (AvgIpc) is 2.11. The van der Waals surface area contributed by atoms with Crippen LogP contribution in [0.5, 0.6) is 0 Å². The number of halogens is 1. The predicted molar refractivity (Wildman–Crippen MR) is 42.7 cm³/mol. The lowest BCUT2D eigenvalue weighted by molar-refractivity contribution is -0.140. The van der Waals surface area contributed by atoms with Crippen LogP contribution in [0.1, 0.15) is 19.3 Å². The molecule has 0 spiro atoms. The van der Waals surface area contributed by atoms with Crippen molar-refractivity contribution in [3.8, 4) is 0 Å². The van der Waals surface area contributed by atoms with Crippen LogP contribution in [0.25, 0.3) is 0 Å². The molecule has 4 nitrogen and oxygen atoms in total. The molecule has 0 radical (unpaired) electrons. The summed E-state index contributed by atoms with van der Waals surface area (Å²) in [5.74, 6) is -3.16. The smallest absolute Gasteiger partial charge is 0.364 e. The van der Waals surface area contributed by atoms with Gasteiger partial charge in [0.1, 0.15) is 0 Å². The Labute approximate surface area is 75.0 Å². The number of carbonyl (C=O) groups is 2. The topological polar surface area (TPSA) is 63.6 Å². The Balaban J connectivity index is 3.61. The Morgan fingerprint density at radius 1 is 1.54 bits per heavy atom. The zero-order valence-electron chi connectivity index (χ0n) is 7.25. The molecule has 1 N–H and O–H groups in total. The molecular weight excluding hydrogens is 179 g/mol. The minimum absolute atomic E-state index is 0.167. The summed E-state index contributed by atoms with van der Waals surface area (Å²) < 4.78 is 16.6. The molecule has 0 saturated heterocycles. The first-order valence-electron chi connectivity index (χ1n) is 3.73. The van der Waals surface area contributed by atoms with Crippen molar-refractivity contribution in [2.75, 3.05) is 7.11 Å². The van der Waals surface area contributed by atoms with Crippen molar-refractivity contribution in [3.05, 3.63) is 11.9 Å². The van der Waals surface area contributed by atoms with Crippen molar-refractivity contribution in [1.82, 2.24) is 0 Å². The number of methoxy groups -OCH3 is 1. The highest BCUT2D eigenvalue weighted by atomic mass is 19.1. The monoisotopic (exact) mass is 190 g/mol. The predicted octanol–water partition coefficient (Wildman–Crippen LogP) is 1.27. The Hall–Kier alpha value is -1.39. The number of aliphatic carboxylic acids is 1. The van der Waals surface area contributed by atoms with Gasteiger partial charge in [-0.15, -0.1) is 0 Å². The lowest BCUT2D eigenvalue weighted by Crippen LogP contribution is -1.99. The second kappa shape index (κ2) is 6.16. The standard InChI is InChI=1S/C8H11FO4/c1-13-7(10)5-3-2-4-6(9)8(11)12/h4H,2-3,5H2,1H3,(H,11,12)/b6-4-. The first kappa shape index (κ1) is 11.6. The SMILES string of the molecule is COC(=O)CCC/C=C(\F)C(=O)O. The van der Waals surface area contributed by atoms with Gasteiger partial charge < -0.3 is 9.84 Å². The van der Waals surface area contributed by atoms with Crippen molar-refractivity contribution < 1.29 is 23.8 Å². The molecule has 74 valence electrons. The number of rotatable bonds is 5. The van der Waals surface area contributed by atoms with Crippen LogP contribution in [-0.4, -0.2) is 24.2 Å². The number of carboxylic acids is 1. The van der Waals surface area contributed by atoms with Gasteiger partial charge in [0.15, 0.2) is 0 Å². The first-order valence-corrected chi connectivity index (χ1v) is 3.73. The van der Waals surface area contributed by atoms with Gasteiger partial charge in [-0.3, -0.25) is 4.79 Å². The summed E-state index contributed by atoms with van der Waals surface area (Å²) in [7, 11) is 1.26. The van der Waals surface area contributed by atoms with E-state index in [-0.39, 0.29) is 18.8 Å². The number of unbranched alkanes of at least 4 members (excludes halogenated alkanes) is 1. The summed E-state index contributed by atoms with van der Waals surface area (Å²) in [6.45, 7) is 0. The molecule has 0 fully saturated rings. The molecule has 0 aromatic heterocycles. The highest BCUT2D eigenvalue weighted by Gasteiger charge is 2.04. The highest BCUT2D eigenvalue weighted by Crippen LogP contribution is 2.03. The zero-order chi connectivity index (χ0) is 10.3. The quantitative estimate of drug-likeness (QED) is 0.402. The summed E-state index contributed by atoms with van der Waals surface area (Å²) >= 11 is 0. The summed E-state index contributed by atoms with van der Waals surface area (Å²) in [5.41, 5.74) is 0. The van der Waals surface area contributed by atoms with E-state index in [2.05, 4.69) is 4.74 Å². The number of carboxylic acid groups (broad SMARTS) is 1. The largest absolute Gasteiger partial charge is 0.476 e. The van der Waals surface area contributed by atoms with Crippen LogP contribution in [0.2, 0.25) is 0 Å². The summed E-state index contributed by atoms with van der Waals surface area (Å²) in [4.78, 5) is 20.5. The molecule has 0 saturated carbocycles. The van der Waals surface area contributed by atoms with E-state index in [1.807, 2.05) is 0 Å². The number of hydrogen-bond acceptors (Lipinski definition) is 3. The summed E-state index contributed by atoms with van der Waals surface area (Å²) in [5, 5.41) is 8.10. The molecule has 0 aromatic rings. The maximum Gasteiger partial charge on any atom is 0.364 e. The van der Waals surface area contributed by atoms with Gasteiger partial charge in [0, 0.05) is 6.42 Å². The lowest BCUT2D eigenvalue weighted by atomic mass is 10.2. The highest BCUT2D eigenvalue weighted by molar-refractivity contribution is 5.83. The number of hydrogen-bond donors (Lipinski definition) is 1. The van der Waals surface area contributed by atoms with Crippen LogP contribution in [0.3, 0.4) is 0 Å². The Kier molecular flexibility index (Phi) is 5.50. The van der Waals surface area contributed by atoms with Gasteiger partial charge in [0.2, 0.25) is 5.83 Å². The fourth-order valence-corrected chi connectivity index (χ4v) is 0.665. The van der Waals surface area contributed by atoms with Crippen LogP contribution in [0.15, 0.2) is 11.9 Å². The van der Waals surface area contributed by atoms with Crippen molar-refractivity contribution >= 4 is 11.9 Å². The fourth-order valence-electron chi connectivity index (χ4n) is 0.665. The molecule has 0 unspecified atom stereocenters. The maximum atomic E-state index is 12.3. The Bertz CT molecular complexity index is 222. The van der Waals surface area contributed by atoms with E-state index in [1.54, 1.807) is 0 Å². The van der Waals surface area contributed by atoms with Gasteiger partial charge >= 0.3 is 11.9 Å². The number of carbonyl (C=O) groups excluding carboxylic acids is 1. The van der Waals surface area contributed by atoms with Gasteiger partial charge in [-0.1, -0.05) is 0 Å². The fraction of sp³-hybridized carbons (Fsp3) is 0.500. The molecule has 0 aliphatic heterocycles. The number of esters is 1. The maximum absolute atomic E-state index is 12.3. The van der Waals surface area contributed by atoms with Crippen LogP contribution in [-0.2, 0) is 14.3 Å². The molecule has 5 heteroatoms. The van der Waals surface area contributed by atoms with Crippen LogP contribution >= 0.6 is 0 Å². The third-order valence-corrected chi connectivity index (χ3v) is 1.34. The van der Waals surface area contributed by atoms with E-state index < -0.39 is 11.8 Å². The van der Waals surface area contributed by atoms with Crippen molar-refractivity contribution in [2.24, 2.45) is 0 Å². The molecule has 0 aliphatic rings. The van der Waals surface area contributed by atoms with E-state index in [0.29, 0.717) is 6.42 Å². The van der Waals surface area contributed by atoms with E-state index in [1.165, 1.54) is 7.11 Å². The molecule has 0 bridgehead atoms. The second-order valence-corrected chi connectivity index (χ2v) is 2.33. The molecule has 0 heterocycles. The van der Waals surface area contributed by atoms with E-state index in [4.69, 9.17) is 5.11 Å². The minimum Gasteiger partial charge on any atom is -0.476 e. The van der Waals surface area contributed by atoms with Crippen molar-refractivity contribution in [3.63, 3.8) is 0 Å². The van der Waals surface area contributed by atoms with Gasteiger partial charge in [0.05, 0.1) is 7.11 Å². The molecule has 13 heavy (non-hydrogen) atoms. The van der Waals surface area contributed by atoms with E-state index >= 15 is 0 Å². The average molecular weight is 190 g/mol. The summed E-state index contributed by atoms with van der Waals surface area (Å²) in [6, 6.07) is 0. The van der Waals surface area contributed by atoms with Crippen LogP contribution in [0, 0.1) is 0 Å². The van der Waals surface area contributed by atoms with Gasteiger partial charge in [-0.05, 0) is 18.9 Å². The summed E-state index contributed by atoms with van der Waals surface area (Å²) in [6.07, 6.45) is 1.70. The van der Waals surface area contributed by atoms with E-state index in [0.717, 1.165) is 6.08 Å². The van der Waals surface area contributed by atoms with Crippen molar-refractivity contribution in [2.45, 2.75) is 19.3 Å². The molecular formula is C8H11FO4. The third-order valence-electron chi connectivity index (χ3n) is 1.34. The molecule has 0 aliphatic carbocycles. The molecule has 0 amide bonds. The molecule has 0 rings (SSSR count). The number of allylic oxidation sites excluding steroid dienone is 1. The number of ether oxygens (including phenoxy) is 1. The van der Waals surface area contributed by atoms with Crippen LogP contribution in [0.4, 0.5) is 4.39 Å². The Morgan fingerprint density at radius 2 is 2.15 bits per heavy atom.